The number of carbonyl (C=O) groups is 1. The van der Waals surface area contributed by atoms with E-state index >= 15 is 0 Å². The largest absolute Gasteiger partial charge is 0.493 e. The number of anilines is 2. The predicted octanol–water partition coefficient (Wildman–Crippen LogP) is 4.45. The first kappa shape index (κ1) is 17.7. The van der Waals surface area contributed by atoms with E-state index in [4.69, 9.17) is 4.74 Å². The molecule has 0 bridgehead atoms. The molecule has 5 heteroatoms. The molecule has 0 radical (unpaired) electrons. The summed E-state index contributed by atoms with van der Waals surface area (Å²) < 4.78 is 5.66. The highest BCUT2D eigenvalue weighted by molar-refractivity contribution is 5.90. The number of nitrogens with zero attached hydrogens (tertiary/aromatic N) is 2. The third-order valence-electron chi connectivity index (χ3n) is 5.44. The second-order valence-corrected chi connectivity index (χ2v) is 7.55. The molecule has 1 unspecified atom stereocenters. The Morgan fingerprint density at radius 3 is 2.93 bits per heavy atom. The maximum atomic E-state index is 13.0. The average molecular weight is 365 g/mol. The Morgan fingerprint density at radius 1 is 1.19 bits per heavy atom. The molecule has 0 saturated carbocycles. The molecule has 1 fully saturated rings. The minimum absolute atomic E-state index is 0.0237. The van der Waals surface area contributed by atoms with Crippen LogP contribution in [0, 0.1) is 0 Å². The number of nitrogens with one attached hydrogen (secondary N) is 1. The quantitative estimate of drug-likeness (QED) is 0.874. The number of hydrogen-bond donors (Lipinski definition) is 1. The minimum Gasteiger partial charge on any atom is -0.493 e. The number of hydrogen-bond acceptors (Lipinski definition) is 3. The van der Waals surface area contributed by atoms with Gasteiger partial charge in [-0.3, -0.25) is 0 Å². The van der Waals surface area contributed by atoms with Gasteiger partial charge >= 0.3 is 6.03 Å². The van der Waals surface area contributed by atoms with E-state index in [9.17, 15) is 4.79 Å². The fourth-order valence-corrected chi connectivity index (χ4v) is 4.00. The molecule has 27 heavy (non-hydrogen) atoms. The van der Waals surface area contributed by atoms with E-state index in [1.165, 1.54) is 11.1 Å². The summed E-state index contributed by atoms with van der Waals surface area (Å²) in [5, 5.41) is 3.09. The van der Waals surface area contributed by atoms with Crippen molar-refractivity contribution in [1.82, 2.24) is 4.90 Å². The summed E-state index contributed by atoms with van der Waals surface area (Å²) in [7, 11) is 4.08. The van der Waals surface area contributed by atoms with Gasteiger partial charge in [-0.05, 0) is 67.1 Å². The van der Waals surface area contributed by atoms with Crippen molar-refractivity contribution in [3.05, 3.63) is 53.6 Å². The molecule has 2 aromatic carbocycles. The van der Waals surface area contributed by atoms with E-state index in [2.05, 4.69) is 34.5 Å². The Hall–Kier alpha value is -2.69. The summed E-state index contributed by atoms with van der Waals surface area (Å²) in [5.41, 5.74) is 4.38. The second-order valence-electron chi connectivity index (χ2n) is 7.55. The summed E-state index contributed by atoms with van der Waals surface area (Å²) in [5.74, 6) is 0.943. The minimum atomic E-state index is -0.0237. The van der Waals surface area contributed by atoms with Crippen LogP contribution in [0.3, 0.4) is 0 Å². The van der Waals surface area contributed by atoms with Crippen molar-refractivity contribution in [3.8, 4) is 5.75 Å². The topological polar surface area (TPSA) is 44.8 Å². The maximum absolute atomic E-state index is 13.0. The van der Waals surface area contributed by atoms with Gasteiger partial charge in [0.15, 0.2) is 0 Å². The predicted molar refractivity (Wildman–Crippen MR) is 109 cm³/mol. The standard InChI is InChI=1S/C22H27N3O2/c1-24(2)19-8-3-6-16(15-19)20-9-4-12-25(20)22(26)23-18-10-11-21-17(14-18)7-5-13-27-21/h3,6,8,10-11,14-15,20H,4-5,7,9,12-13H2,1-2H3,(H,23,26). The summed E-state index contributed by atoms with van der Waals surface area (Å²) in [4.78, 5) is 17.0. The lowest BCUT2D eigenvalue weighted by molar-refractivity contribution is 0.207. The first-order valence-corrected chi connectivity index (χ1v) is 9.72. The number of aryl methyl sites for hydroxylation is 1. The molecule has 0 aliphatic carbocycles. The van der Waals surface area contributed by atoms with Crippen LogP contribution in [0.4, 0.5) is 16.2 Å². The highest BCUT2D eigenvalue weighted by Gasteiger charge is 2.30. The number of urea groups is 1. The molecular weight excluding hydrogens is 338 g/mol. The number of rotatable bonds is 3. The highest BCUT2D eigenvalue weighted by atomic mass is 16.5. The zero-order valence-corrected chi connectivity index (χ0v) is 16.1. The van der Waals surface area contributed by atoms with Crippen LogP contribution in [0.2, 0.25) is 0 Å². The molecule has 142 valence electrons. The van der Waals surface area contributed by atoms with Crippen LogP contribution in [0.25, 0.3) is 0 Å². The number of fused-ring (bicyclic) bond motifs is 1. The maximum Gasteiger partial charge on any atom is 0.322 e. The Bertz CT molecular complexity index is 834. The van der Waals surface area contributed by atoms with Crippen LogP contribution in [0.1, 0.15) is 36.4 Å². The van der Waals surface area contributed by atoms with Crippen molar-refractivity contribution >= 4 is 17.4 Å². The smallest absolute Gasteiger partial charge is 0.322 e. The lowest BCUT2D eigenvalue weighted by Gasteiger charge is -2.26. The molecule has 0 spiro atoms. The molecule has 1 saturated heterocycles. The number of likely N-dealkylation sites (tertiary alicyclic amines) is 1. The van der Waals surface area contributed by atoms with Crippen molar-refractivity contribution < 1.29 is 9.53 Å². The number of benzene rings is 2. The Balaban J connectivity index is 1.50. The van der Waals surface area contributed by atoms with Gasteiger partial charge in [-0.15, -0.1) is 0 Å². The van der Waals surface area contributed by atoms with Gasteiger partial charge in [0, 0.05) is 32.0 Å². The summed E-state index contributed by atoms with van der Waals surface area (Å²) >= 11 is 0. The van der Waals surface area contributed by atoms with Crippen LogP contribution >= 0.6 is 0 Å². The van der Waals surface area contributed by atoms with Gasteiger partial charge in [-0.2, -0.15) is 0 Å². The third kappa shape index (κ3) is 3.72. The summed E-state index contributed by atoms with van der Waals surface area (Å²) in [6, 6.07) is 14.5. The van der Waals surface area contributed by atoms with Crippen LogP contribution in [0.15, 0.2) is 42.5 Å². The fourth-order valence-electron chi connectivity index (χ4n) is 4.00. The van der Waals surface area contributed by atoms with Crippen LogP contribution in [-0.4, -0.2) is 38.2 Å². The molecule has 0 aromatic heterocycles. The van der Waals surface area contributed by atoms with Crippen molar-refractivity contribution in [1.29, 1.82) is 0 Å². The van der Waals surface area contributed by atoms with Gasteiger partial charge in [0.05, 0.1) is 12.6 Å². The Kier molecular flexibility index (Phi) is 4.92. The van der Waals surface area contributed by atoms with Crippen LogP contribution in [0.5, 0.6) is 5.75 Å². The summed E-state index contributed by atoms with van der Waals surface area (Å²) in [6.45, 7) is 1.57. The Labute approximate surface area is 160 Å². The van der Waals surface area contributed by atoms with Crippen molar-refractivity contribution in [3.63, 3.8) is 0 Å². The highest BCUT2D eigenvalue weighted by Crippen LogP contribution is 2.34. The number of amides is 2. The van der Waals surface area contributed by atoms with Gasteiger partial charge in [0.25, 0.3) is 0 Å². The van der Waals surface area contributed by atoms with Gasteiger partial charge in [0.1, 0.15) is 5.75 Å². The van der Waals surface area contributed by atoms with Gasteiger partial charge in [-0.1, -0.05) is 12.1 Å². The molecule has 1 atom stereocenters. The first-order valence-electron chi connectivity index (χ1n) is 9.72. The van der Waals surface area contributed by atoms with E-state index in [1.807, 2.05) is 37.2 Å². The number of ether oxygens (including phenoxy) is 1. The van der Waals surface area contributed by atoms with Gasteiger partial charge in [0.2, 0.25) is 0 Å². The van der Waals surface area contributed by atoms with Gasteiger partial charge in [-0.25, -0.2) is 4.79 Å². The third-order valence-corrected chi connectivity index (χ3v) is 5.44. The molecule has 2 aliphatic rings. The lowest BCUT2D eigenvalue weighted by atomic mass is 10.0. The van der Waals surface area contributed by atoms with E-state index < -0.39 is 0 Å². The van der Waals surface area contributed by atoms with E-state index in [0.717, 1.165) is 56.0 Å². The average Bonchev–Trinajstić information content (AvgIpc) is 3.18. The zero-order chi connectivity index (χ0) is 18.8. The normalized spacial score (nSPS) is 18.6. The summed E-state index contributed by atoms with van der Waals surface area (Å²) in [6.07, 6.45) is 4.06. The monoisotopic (exact) mass is 365 g/mol. The first-order chi connectivity index (χ1) is 13.1. The van der Waals surface area contributed by atoms with E-state index in [1.54, 1.807) is 0 Å². The van der Waals surface area contributed by atoms with Gasteiger partial charge < -0.3 is 19.9 Å². The fraction of sp³-hybridized carbons (Fsp3) is 0.409. The SMILES string of the molecule is CN(C)c1cccc(C2CCCN2C(=O)Nc2ccc3c(c2)CCCO3)c1. The molecule has 2 aromatic rings. The van der Waals surface area contributed by atoms with Crippen molar-refractivity contribution in [2.45, 2.75) is 31.7 Å². The molecule has 2 heterocycles. The number of carbonyl (C=O) groups excluding carboxylic acids is 1. The molecule has 2 amide bonds. The van der Waals surface area contributed by atoms with E-state index in [-0.39, 0.29) is 12.1 Å². The molecule has 5 nitrogen and oxygen atoms in total. The zero-order valence-electron chi connectivity index (χ0n) is 16.1. The van der Waals surface area contributed by atoms with Crippen molar-refractivity contribution in [2.75, 3.05) is 37.5 Å². The van der Waals surface area contributed by atoms with Crippen LogP contribution < -0.4 is 15.0 Å². The van der Waals surface area contributed by atoms with Crippen LogP contribution in [-0.2, 0) is 6.42 Å². The molecule has 4 rings (SSSR count). The molecule has 1 N–H and O–H groups in total. The molecular formula is C22H27N3O2. The lowest BCUT2D eigenvalue weighted by Crippen LogP contribution is -2.34. The second kappa shape index (κ2) is 7.51. The van der Waals surface area contributed by atoms with E-state index in [0.29, 0.717) is 0 Å². The van der Waals surface area contributed by atoms with Crippen molar-refractivity contribution in [2.24, 2.45) is 0 Å². The Morgan fingerprint density at radius 2 is 2.07 bits per heavy atom. The molecule has 2 aliphatic heterocycles.